The molecule has 0 radical (unpaired) electrons. The first-order valence-corrected chi connectivity index (χ1v) is 7.98. The van der Waals surface area contributed by atoms with Crippen molar-refractivity contribution in [1.29, 1.82) is 0 Å². The van der Waals surface area contributed by atoms with Crippen LogP contribution in [-0.4, -0.2) is 80.5 Å². The van der Waals surface area contributed by atoms with Gasteiger partial charge < -0.3 is 20.4 Å². The van der Waals surface area contributed by atoms with E-state index in [9.17, 15) is 4.79 Å². The van der Waals surface area contributed by atoms with Gasteiger partial charge >= 0.3 is 0 Å². The number of hydrogen-bond donors (Lipinski definition) is 1. The first kappa shape index (κ1) is 17.4. The van der Waals surface area contributed by atoms with Crippen molar-refractivity contribution in [3.05, 3.63) is 0 Å². The third-order valence-corrected chi connectivity index (χ3v) is 3.97. The van der Waals surface area contributed by atoms with Crippen molar-refractivity contribution in [2.45, 2.75) is 32.1 Å². The van der Waals surface area contributed by atoms with Gasteiger partial charge in [0, 0.05) is 33.6 Å². The molecular weight excluding hydrogens is 252 g/mol. The number of amides is 1. The molecule has 1 aliphatic heterocycles. The molecule has 0 aromatic heterocycles. The Morgan fingerprint density at radius 1 is 1.00 bits per heavy atom. The molecule has 1 saturated heterocycles. The fourth-order valence-electron chi connectivity index (χ4n) is 2.63. The number of unbranched alkanes of at least 4 members (excludes halogenated alkanes) is 1. The first-order chi connectivity index (χ1) is 9.63. The maximum absolute atomic E-state index is 11.5. The lowest BCUT2D eigenvalue weighted by atomic mass is 10.2. The molecule has 1 fully saturated rings. The Labute approximate surface area is 124 Å². The van der Waals surface area contributed by atoms with Crippen LogP contribution in [0.3, 0.4) is 0 Å². The van der Waals surface area contributed by atoms with Crippen molar-refractivity contribution >= 4 is 5.91 Å². The van der Waals surface area contributed by atoms with Crippen molar-refractivity contribution in [1.82, 2.24) is 14.7 Å². The number of nitrogens with zero attached hydrogens (tertiary/aromatic N) is 3. The van der Waals surface area contributed by atoms with Crippen LogP contribution in [0.1, 0.15) is 32.1 Å². The molecule has 118 valence electrons. The lowest BCUT2D eigenvalue weighted by Gasteiger charge is -2.21. The molecule has 0 bridgehead atoms. The molecule has 0 spiro atoms. The first-order valence-electron chi connectivity index (χ1n) is 7.98. The van der Waals surface area contributed by atoms with Crippen LogP contribution in [-0.2, 0) is 4.79 Å². The summed E-state index contributed by atoms with van der Waals surface area (Å²) in [6.45, 7) is 7.71. The molecule has 0 atom stereocenters. The van der Waals surface area contributed by atoms with Crippen LogP contribution < -0.4 is 5.73 Å². The van der Waals surface area contributed by atoms with Gasteiger partial charge in [-0.3, -0.25) is 4.79 Å². The Morgan fingerprint density at radius 2 is 1.60 bits per heavy atom. The SMILES string of the molecule is CN(C)C(=O)CCCN1CCCN(CCCCN)CC1. The smallest absolute Gasteiger partial charge is 0.222 e. The van der Waals surface area contributed by atoms with Gasteiger partial charge in [-0.15, -0.1) is 0 Å². The van der Waals surface area contributed by atoms with E-state index in [4.69, 9.17) is 5.73 Å². The summed E-state index contributed by atoms with van der Waals surface area (Å²) in [5.41, 5.74) is 5.54. The molecule has 5 heteroatoms. The highest BCUT2D eigenvalue weighted by Crippen LogP contribution is 2.06. The highest BCUT2D eigenvalue weighted by atomic mass is 16.2. The lowest BCUT2D eigenvalue weighted by molar-refractivity contribution is -0.128. The number of nitrogens with two attached hydrogens (primary N) is 1. The van der Waals surface area contributed by atoms with Crippen LogP contribution in [0.4, 0.5) is 0 Å². The number of hydrogen-bond acceptors (Lipinski definition) is 4. The van der Waals surface area contributed by atoms with E-state index in [0.29, 0.717) is 6.42 Å². The minimum atomic E-state index is 0.239. The van der Waals surface area contributed by atoms with Gasteiger partial charge in [0.25, 0.3) is 0 Å². The third kappa shape index (κ3) is 7.22. The van der Waals surface area contributed by atoms with Crippen LogP contribution in [0.15, 0.2) is 0 Å². The zero-order chi connectivity index (χ0) is 14.8. The van der Waals surface area contributed by atoms with Crippen molar-refractivity contribution in [2.24, 2.45) is 5.73 Å². The lowest BCUT2D eigenvalue weighted by Crippen LogP contribution is -2.32. The van der Waals surface area contributed by atoms with Crippen LogP contribution in [0.5, 0.6) is 0 Å². The second-order valence-corrected chi connectivity index (χ2v) is 5.92. The van der Waals surface area contributed by atoms with E-state index in [1.54, 1.807) is 4.90 Å². The molecule has 1 rings (SSSR count). The summed E-state index contributed by atoms with van der Waals surface area (Å²) < 4.78 is 0. The quantitative estimate of drug-likeness (QED) is 0.663. The van der Waals surface area contributed by atoms with E-state index in [1.165, 1.54) is 32.5 Å². The van der Waals surface area contributed by atoms with Gasteiger partial charge in [-0.25, -0.2) is 0 Å². The number of carbonyl (C=O) groups is 1. The van der Waals surface area contributed by atoms with Crippen molar-refractivity contribution in [3.63, 3.8) is 0 Å². The number of rotatable bonds is 8. The van der Waals surface area contributed by atoms with E-state index in [2.05, 4.69) is 9.80 Å². The normalized spacial score (nSPS) is 17.9. The minimum absolute atomic E-state index is 0.239. The molecule has 0 aromatic rings. The van der Waals surface area contributed by atoms with Crippen molar-refractivity contribution in [3.8, 4) is 0 Å². The predicted octanol–water partition coefficient (Wildman–Crippen LogP) is 0.601. The Balaban J connectivity index is 2.15. The Hall–Kier alpha value is -0.650. The fourth-order valence-corrected chi connectivity index (χ4v) is 2.63. The topological polar surface area (TPSA) is 52.8 Å². The van der Waals surface area contributed by atoms with Crippen molar-refractivity contribution in [2.75, 3.05) is 59.9 Å². The highest BCUT2D eigenvalue weighted by Gasteiger charge is 2.14. The molecule has 2 N–H and O–H groups in total. The Morgan fingerprint density at radius 3 is 2.15 bits per heavy atom. The number of carbonyl (C=O) groups excluding carboxylic acids is 1. The zero-order valence-corrected chi connectivity index (χ0v) is 13.3. The molecule has 1 aliphatic rings. The highest BCUT2D eigenvalue weighted by molar-refractivity contribution is 5.75. The molecule has 1 heterocycles. The summed E-state index contributed by atoms with van der Waals surface area (Å²) >= 11 is 0. The molecule has 5 nitrogen and oxygen atoms in total. The second kappa shape index (κ2) is 10.1. The summed E-state index contributed by atoms with van der Waals surface area (Å²) in [7, 11) is 3.65. The van der Waals surface area contributed by atoms with E-state index >= 15 is 0 Å². The van der Waals surface area contributed by atoms with Gasteiger partial charge in [-0.05, 0) is 58.4 Å². The van der Waals surface area contributed by atoms with E-state index in [1.807, 2.05) is 14.1 Å². The molecule has 20 heavy (non-hydrogen) atoms. The van der Waals surface area contributed by atoms with E-state index < -0.39 is 0 Å². The molecule has 0 saturated carbocycles. The largest absolute Gasteiger partial charge is 0.349 e. The summed E-state index contributed by atoms with van der Waals surface area (Å²) in [5.74, 6) is 0.239. The van der Waals surface area contributed by atoms with Crippen LogP contribution in [0.25, 0.3) is 0 Å². The van der Waals surface area contributed by atoms with Gasteiger partial charge in [-0.1, -0.05) is 0 Å². The minimum Gasteiger partial charge on any atom is -0.349 e. The van der Waals surface area contributed by atoms with Crippen LogP contribution in [0.2, 0.25) is 0 Å². The van der Waals surface area contributed by atoms with Gasteiger partial charge in [0.2, 0.25) is 5.91 Å². The van der Waals surface area contributed by atoms with Crippen molar-refractivity contribution < 1.29 is 4.79 Å². The van der Waals surface area contributed by atoms with Gasteiger partial charge in [0.15, 0.2) is 0 Å². The Kier molecular flexibility index (Phi) is 8.82. The van der Waals surface area contributed by atoms with E-state index in [-0.39, 0.29) is 5.91 Å². The summed E-state index contributed by atoms with van der Waals surface area (Å²) in [4.78, 5) is 18.3. The molecule has 0 aromatic carbocycles. The van der Waals surface area contributed by atoms with Gasteiger partial charge in [0.1, 0.15) is 0 Å². The Bertz CT molecular complexity index is 271. The molecule has 1 amide bonds. The zero-order valence-electron chi connectivity index (χ0n) is 13.3. The van der Waals surface area contributed by atoms with Crippen LogP contribution in [0, 0.1) is 0 Å². The predicted molar refractivity (Wildman–Crippen MR) is 83.7 cm³/mol. The third-order valence-electron chi connectivity index (χ3n) is 3.97. The van der Waals surface area contributed by atoms with E-state index in [0.717, 1.165) is 39.0 Å². The standard InChI is InChI=1S/C15H32N4O/c1-17(2)15(20)7-5-10-19-12-6-11-18(13-14-19)9-4-3-8-16/h3-14,16H2,1-2H3. The maximum atomic E-state index is 11.5. The summed E-state index contributed by atoms with van der Waals surface area (Å²) in [5, 5.41) is 0. The maximum Gasteiger partial charge on any atom is 0.222 e. The molecule has 0 aliphatic carbocycles. The summed E-state index contributed by atoms with van der Waals surface area (Å²) in [6.07, 6.45) is 5.23. The fraction of sp³-hybridized carbons (Fsp3) is 0.933. The van der Waals surface area contributed by atoms with Crippen LogP contribution >= 0.6 is 0 Å². The monoisotopic (exact) mass is 284 g/mol. The molecular formula is C15H32N4O. The average Bonchev–Trinajstić information content (AvgIpc) is 2.64. The van der Waals surface area contributed by atoms with Gasteiger partial charge in [-0.2, -0.15) is 0 Å². The van der Waals surface area contributed by atoms with Gasteiger partial charge in [0.05, 0.1) is 0 Å². The summed E-state index contributed by atoms with van der Waals surface area (Å²) in [6, 6.07) is 0. The molecule has 0 unspecified atom stereocenters. The second-order valence-electron chi connectivity index (χ2n) is 5.92. The average molecular weight is 284 g/mol.